The van der Waals surface area contributed by atoms with E-state index in [1.54, 1.807) is 0 Å². The number of rotatable bonds is 4. The summed E-state index contributed by atoms with van der Waals surface area (Å²) in [5.74, 6) is 0. The third-order valence-electron chi connectivity index (χ3n) is 10.8. The summed E-state index contributed by atoms with van der Waals surface area (Å²) >= 11 is 0. The average Bonchev–Trinajstić information content (AvgIpc) is 3.25. The molecule has 0 aliphatic carbocycles. The first-order chi connectivity index (χ1) is 26.7. The second-order valence-corrected chi connectivity index (χ2v) is 14.0. The molecule has 3 heteroatoms. The van der Waals surface area contributed by atoms with E-state index < -0.39 is 0 Å². The van der Waals surface area contributed by atoms with Gasteiger partial charge in [0.2, 0.25) is 0 Å². The molecule has 3 nitrogen and oxygen atoms in total. The Labute approximate surface area is 311 Å². The highest BCUT2D eigenvalue weighted by Gasteiger charge is 2.17. The minimum atomic E-state index is 0.923. The van der Waals surface area contributed by atoms with Crippen LogP contribution in [0.4, 0.5) is 0 Å². The summed E-state index contributed by atoms with van der Waals surface area (Å²) in [6.45, 7) is 0. The van der Waals surface area contributed by atoms with Crippen LogP contribution >= 0.6 is 0 Å². The third kappa shape index (κ3) is 4.94. The molecular formula is C51H31N3. The summed E-state index contributed by atoms with van der Waals surface area (Å²) in [6, 6.07) is 65.1. The van der Waals surface area contributed by atoms with Crippen molar-refractivity contribution >= 4 is 65.0 Å². The Morgan fingerprint density at radius 3 is 1.85 bits per heavy atom. The van der Waals surface area contributed by atoms with E-state index in [2.05, 4.69) is 181 Å². The van der Waals surface area contributed by atoms with Crippen molar-refractivity contribution in [1.82, 2.24) is 15.0 Å². The lowest BCUT2D eigenvalue weighted by molar-refractivity contribution is 1.37. The van der Waals surface area contributed by atoms with Crippen molar-refractivity contribution in [2.24, 2.45) is 0 Å². The molecule has 0 aliphatic heterocycles. The van der Waals surface area contributed by atoms with Crippen LogP contribution in [0.3, 0.4) is 0 Å². The van der Waals surface area contributed by atoms with Gasteiger partial charge < -0.3 is 0 Å². The second-order valence-electron chi connectivity index (χ2n) is 14.0. The van der Waals surface area contributed by atoms with Gasteiger partial charge in [0.25, 0.3) is 0 Å². The predicted molar refractivity (Wildman–Crippen MR) is 227 cm³/mol. The third-order valence-corrected chi connectivity index (χ3v) is 10.8. The van der Waals surface area contributed by atoms with Crippen LogP contribution in [0.2, 0.25) is 0 Å². The van der Waals surface area contributed by atoms with Crippen molar-refractivity contribution in [2.45, 2.75) is 0 Å². The Bertz CT molecular complexity index is 3290. The maximum absolute atomic E-state index is 5.35. The van der Waals surface area contributed by atoms with E-state index in [4.69, 9.17) is 9.97 Å². The van der Waals surface area contributed by atoms with Gasteiger partial charge in [0.15, 0.2) is 0 Å². The molecule has 0 bridgehead atoms. The van der Waals surface area contributed by atoms with Gasteiger partial charge >= 0.3 is 0 Å². The largest absolute Gasteiger partial charge is 0.254 e. The van der Waals surface area contributed by atoms with Gasteiger partial charge in [0.05, 0.1) is 27.9 Å². The highest BCUT2D eigenvalue weighted by Crippen LogP contribution is 2.43. The van der Waals surface area contributed by atoms with E-state index in [9.17, 15) is 0 Å². The van der Waals surface area contributed by atoms with Crippen LogP contribution in [0.1, 0.15) is 0 Å². The van der Waals surface area contributed by atoms with E-state index in [0.717, 1.165) is 77.3 Å². The second kappa shape index (κ2) is 12.2. The van der Waals surface area contributed by atoms with Gasteiger partial charge in [0, 0.05) is 44.3 Å². The van der Waals surface area contributed by atoms with Crippen LogP contribution in [0.15, 0.2) is 188 Å². The van der Waals surface area contributed by atoms with Crippen molar-refractivity contribution in [3.63, 3.8) is 0 Å². The lowest BCUT2D eigenvalue weighted by atomic mass is 9.89. The van der Waals surface area contributed by atoms with Crippen LogP contribution in [0.5, 0.6) is 0 Å². The molecule has 0 spiro atoms. The molecule has 11 aromatic rings. The molecule has 0 saturated heterocycles. The van der Waals surface area contributed by atoms with Crippen LogP contribution in [-0.4, -0.2) is 15.0 Å². The van der Waals surface area contributed by atoms with Gasteiger partial charge in [-0.2, -0.15) is 0 Å². The number of fused-ring (bicyclic) bond motifs is 9. The average molecular weight is 686 g/mol. The Balaban J connectivity index is 1.09. The number of pyridine rings is 3. The van der Waals surface area contributed by atoms with Crippen molar-refractivity contribution in [3.05, 3.63) is 188 Å². The Morgan fingerprint density at radius 1 is 0.333 bits per heavy atom. The first kappa shape index (κ1) is 30.4. The zero-order valence-corrected chi connectivity index (χ0v) is 29.2. The molecule has 250 valence electrons. The smallest absolute Gasteiger partial charge is 0.0972 e. The predicted octanol–water partition coefficient (Wildman–Crippen LogP) is 13.5. The molecule has 3 aromatic heterocycles. The van der Waals surface area contributed by atoms with Crippen LogP contribution in [-0.2, 0) is 0 Å². The fourth-order valence-corrected chi connectivity index (χ4v) is 8.22. The van der Waals surface area contributed by atoms with Crippen molar-refractivity contribution in [1.29, 1.82) is 0 Å². The van der Waals surface area contributed by atoms with E-state index in [0.29, 0.717) is 0 Å². The van der Waals surface area contributed by atoms with Crippen molar-refractivity contribution in [3.8, 4) is 44.8 Å². The highest BCUT2D eigenvalue weighted by atomic mass is 14.8. The molecule has 0 amide bonds. The minimum absolute atomic E-state index is 0.923. The quantitative estimate of drug-likeness (QED) is 0.173. The molecule has 0 fully saturated rings. The Morgan fingerprint density at radius 2 is 0.981 bits per heavy atom. The number of benzene rings is 8. The van der Waals surface area contributed by atoms with Gasteiger partial charge in [-0.15, -0.1) is 0 Å². The zero-order chi connectivity index (χ0) is 35.6. The van der Waals surface area contributed by atoms with Gasteiger partial charge in [-0.3, -0.25) is 4.98 Å². The highest BCUT2D eigenvalue weighted by molar-refractivity contribution is 6.25. The topological polar surface area (TPSA) is 38.7 Å². The van der Waals surface area contributed by atoms with E-state index in [1.165, 1.54) is 32.5 Å². The van der Waals surface area contributed by atoms with Crippen molar-refractivity contribution in [2.75, 3.05) is 0 Å². The van der Waals surface area contributed by atoms with Crippen molar-refractivity contribution < 1.29 is 0 Å². The van der Waals surface area contributed by atoms with Gasteiger partial charge in [-0.05, 0) is 86.3 Å². The number of para-hydroxylation sites is 1. The van der Waals surface area contributed by atoms with Crippen LogP contribution in [0, 0.1) is 0 Å². The van der Waals surface area contributed by atoms with E-state index in [1.807, 2.05) is 12.3 Å². The van der Waals surface area contributed by atoms with Gasteiger partial charge in [0.1, 0.15) is 0 Å². The normalized spacial score (nSPS) is 11.7. The number of hydrogen-bond donors (Lipinski definition) is 0. The summed E-state index contributed by atoms with van der Waals surface area (Å²) in [5.41, 5.74) is 11.6. The minimum Gasteiger partial charge on any atom is -0.254 e. The molecule has 11 rings (SSSR count). The fourth-order valence-electron chi connectivity index (χ4n) is 8.22. The molecule has 54 heavy (non-hydrogen) atoms. The standard InChI is InChI=1S/C51H31N3/c1-2-11-35-30-40(24-21-32(35)10-1)49-45-31-44(41-17-3-4-18-42(41)48(45)43-19-5-6-20-47(43)54-49)38-14-7-12-36(28-38)37-13-8-15-39(29-37)46-26-25-34-23-22-33-16-9-27-52-50(33)51(34)53-46/h1-31H. The summed E-state index contributed by atoms with van der Waals surface area (Å²) in [4.78, 5) is 15.2. The molecule has 0 saturated carbocycles. The van der Waals surface area contributed by atoms with Crippen LogP contribution in [0.25, 0.3) is 110 Å². The van der Waals surface area contributed by atoms with Crippen LogP contribution < -0.4 is 0 Å². The summed E-state index contributed by atoms with van der Waals surface area (Å²) in [5, 5.41) is 10.6. The Kier molecular flexibility index (Phi) is 6.86. The first-order valence-corrected chi connectivity index (χ1v) is 18.3. The monoisotopic (exact) mass is 685 g/mol. The SMILES string of the molecule is c1cc(-c2cccc(-c3cc4c(-c5ccc6ccccc6c5)nc5ccccc5c4c4ccccc34)c2)cc(-c2ccc3ccc4cccnc4c3n2)c1. The number of hydrogen-bond acceptors (Lipinski definition) is 3. The molecule has 0 N–H and O–H groups in total. The Hall–Kier alpha value is -7.23. The fraction of sp³-hybridized carbons (Fsp3) is 0. The lowest BCUT2D eigenvalue weighted by Crippen LogP contribution is -1.93. The van der Waals surface area contributed by atoms with Gasteiger partial charge in [-0.1, -0.05) is 140 Å². The molecule has 8 aromatic carbocycles. The maximum Gasteiger partial charge on any atom is 0.0972 e. The van der Waals surface area contributed by atoms with E-state index >= 15 is 0 Å². The molecular weight excluding hydrogens is 655 g/mol. The first-order valence-electron chi connectivity index (χ1n) is 18.3. The van der Waals surface area contributed by atoms with E-state index in [-0.39, 0.29) is 0 Å². The molecule has 0 radical (unpaired) electrons. The maximum atomic E-state index is 5.35. The molecule has 0 aliphatic rings. The lowest BCUT2D eigenvalue weighted by Gasteiger charge is -2.17. The molecule has 0 unspecified atom stereocenters. The number of aromatic nitrogens is 3. The zero-order valence-electron chi connectivity index (χ0n) is 29.2. The molecule has 3 heterocycles. The summed E-state index contributed by atoms with van der Waals surface area (Å²) in [7, 11) is 0. The molecule has 0 atom stereocenters. The summed E-state index contributed by atoms with van der Waals surface area (Å²) in [6.07, 6.45) is 1.84. The summed E-state index contributed by atoms with van der Waals surface area (Å²) < 4.78 is 0. The van der Waals surface area contributed by atoms with Gasteiger partial charge in [-0.25, -0.2) is 9.97 Å². The number of nitrogens with zero attached hydrogens (tertiary/aromatic N) is 3.